The molecule has 0 bridgehead atoms. The molecule has 1 N–H and O–H groups in total. The van der Waals surface area contributed by atoms with Crippen LogP contribution in [0.2, 0.25) is 5.15 Å². The largest absolute Gasteiger partial charge is 0.320 e. The molecule has 0 spiro atoms. The second-order valence-corrected chi connectivity index (χ2v) is 4.90. The number of hydrogen-bond donors (Lipinski definition) is 1. The number of hydrogen-bond acceptors (Lipinski definition) is 4. The third kappa shape index (κ3) is 2.68. The van der Waals surface area contributed by atoms with E-state index in [0.29, 0.717) is 4.47 Å². The Kier molecular flexibility index (Phi) is 3.63. The molecule has 0 unspecified atom stereocenters. The molecule has 1 aromatic heterocycles. The zero-order chi connectivity index (χ0) is 13.3. The van der Waals surface area contributed by atoms with Gasteiger partial charge in [-0.25, -0.2) is 4.98 Å². The topological polar surface area (TPSA) is 79.4 Å². The predicted molar refractivity (Wildman–Crippen MR) is 66.0 cm³/mol. The number of aromatic nitrogens is 1. The number of imide groups is 1. The van der Waals surface area contributed by atoms with Crippen LogP contribution >= 0.6 is 27.5 Å². The summed E-state index contributed by atoms with van der Waals surface area (Å²) in [6.07, 6.45) is 1.45. The SMILES string of the molecule is O=C1CN(C(=O)c2cc(Br)cnc2Cl)CC(=O)N1. The molecule has 1 fully saturated rings. The molecule has 18 heavy (non-hydrogen) atoms. The van der Waals surface area contributed by atoms with Crippen molar-refractivity contribution in [2.45, 2.75) is 0 Å². The molecule has 1 aliphatic heterocycles. The van der Waals surface area contributed by atoms with Gasteiger partial charge in [-0.1, -0.05) is 11.6 Å². The number of rotatable bonds is 1. The first kappa shape index (κ1) is 13.0. The summed E-state index contributed by atoms with van der Waals surface area (Å²) in [5.41, 5.74) is 0.147. The van der Waals surface area contributed by atoms with Crippen molar-refractivity contribution < 1.29 is 14.4 Å². The molecule has 3 amide bonds. The van der Waals surface area contributed by atoms with Gasteiger partial charge in [-0.15, -0.1) is 0 Å². The maximum Gasteiger partial charge on any atom is 0.257 e. The molecule has 2 rings (SSSR count). The van der Waals surface area contributed by atoms with Crippen molar-refractivity contribution >= 4 is 45.3 Å². The molecule has 2 heterocycles. The molecule has 0 aromatic carbocycles. The summed E-state index contributed by atoms with van der Waals surface area (Å²) >= 11 is 8.99. The minimum Gasteiger partial charge on any atom is -0.320 e. The van der Waals surface area contributed by atoms with Crippen LogP contribution in [0, 0.1) is 0 Å². The Hall–Kier alpha value is -1.47. The highest BCUT2D eigenvalue weighted by Gasteiger charge is 2.28. The van der Waals surface area contributed by atoms with E-state index in [-0.39, 0.29) is 23.8 Å². The van der Waals surface area contributed by atoms with E-state index in [1.165, 1.54) is 12.3 Å². The number of piperazine rings is 1. The van der Waals surface area contributed by atoms with Crippen LogP contribution in [0.1, 0.15) is 10.4 Å². The van der Waals surface area contributed by atoms with Gasteiger partial charge in [0, 0.05) is 10.7 Å². The number of pyridine rings is 1. The van der Waals surface area contributed by atoms with Crippen LogP contribution in [0.15, 0.2) is 16.7 Å². The first-order chi connectivity index (χ1) is 8.47. The molecule has 0 radical (unpaired) electrons. The number of halogens is 2. The van der Waals surface area contributed by atoms with Gasteiger partial charge < -0.3 is 4.90 Å². The number of nitrogens with zero attached hydrogens (tertiary/aromatic N) is 2. The van der Waals surface area contributed by atoms with Crippen molar-refractivity contribution in [2.75, 3.05) is 13.1 Å². The monoisotopic (exact) mass is 331 g/mol. The van der Waals surface area contributed by atoms with Gasteiger partial charge in [-0.05, 0) is 22.0 Å². The highest BCUT2D eigenvalue weighted by atomic mass is 79.9. The van der Waals surface area contributed by atoms with Crippen LogP contribution < -0.4 is 5.32 Å². The summed E-state index contributed by atoms with van der Waals surface area (Å²) in [7, 11) is 0. The van der Waals surface area contributed by atoms with Gasteiger partial charge in [-0.3, -0.25) is 19.7 Å². The molecular weight excluding hydrogens is 325 g/mol. The van der Waals surface area contributed by atoms with E-state index in [9.17, 15) is 14.4 Å². The van der Waals surface area contributed by atoms with E-state index >= 15 is 0 Å². The lowest BCUT2D eigenvalue weighted by molar-refractivity contribution is -0.135. The van der Waals surface area contributed by atoms with Gasteiger partial charge in [0.2, 0.25) is 11.8 Å². The Morgan fingerprint density at radius 2 is 2.00 bits per heavy atom. The summed E-state index contributed by atoms with van der Waals surface area (Å²) in [6.45, 7) is -0.346. The molecule has 1 saturated heterocycles. The van der Waals surface area contributed by atoms with Crippen LogP contribution in [0.3, 0.4) is 0 Å². The Labute approximate surface area is 115 Å². The average Bonchev–Trinajstić information content (AvgIpc) is 2.30. The van der Waals surface area contributed by atoms with Crippen molar-refractivity contribution in [1.82, 2.24) is 15.2 Å². The highest BCUT2D eigenvalue weighted by Crippen LogP contribution is 2.20. The summed E-state index contributed by atoms with van der Waals surface area (Å²) < 4.78 is 0.586. The van der Waals surface area contributed by atoms with Crippen molar-refractivity contribution in [2.24, 2.45) is 0 Å². The van der Waals surface area contributed by atoms with Crippen molar-refractivity contribution in [3.8, 4) is 0 Å². The first-order valence-electron chi connectivity index (χ1n) is 4.90. The van der Waals surface area contributed by atoms with E-state index in [0.717, 1.165) is 4.90 Å². The predicted octanol–water partition coefficient (Wildman–Crippen LogP) is 0.596. The van der Waals surface area contributed by atoms with Gasteiger partial charge in [-0.2, -0.15) is 0 Å². The van der Waals surface area contributed by atoms with Gasteiger partial charge in [0.25, 0.3) is 5.91 Å². The molecule has 1 aliphatic rings. The molecule has 1 aromatic rings. The fourth-order valence-electron chi connectivity index (χ4n) is 1.52. The summed E-state index contributed by atoms with van der Waals surface area (Å²) in [6, 6.07) is 1.49. The Bertz CT molecular complexity index is 533. The van der Waals surface area contributed by atoms with Crippen molar-refractivity contribution in [3.05, 3.63) is 27.5 Å². The molecule has 8 heteroatoms. The number of carbonyl (C=O) groups excluding carboxylic acids is 3. The first-order valence-corrected chi connectivity index (χ1v) is 6.07. The van der Waals surface area contributed by atoms with Gasteiger partial charge in [0.15, 0.2) is 0 Å². The minimum absolute atomic E-state index is 0.0293. The molecule has 0 atom stereocenters. The lowest BCUT2D eigenvalue weighted by Crippen LogP contribution is -2.53. The second-order valence-electron chi connectivity index (χ2n) is 3.62. The van der Waals surface area contributed by atoms with Crippen LogP contribution in [-0.4, -0.2) is 40.7 Å². The number of amides is 3. The minimum atomic E-state index is -0.515. The molecule has 0 saturated carbocycles. The normalized spacial score (nSPS) is 15.6. The third-order valence-electron chi connectivity index (χ3n) is 2.27. The maximum absolute atomic E-state index is 12.1. The van der Waals surface area contributed by atoms with Crippen LogP contribution in [-0.2, 0) is 9.59 Å². The third-order valence-corrected chi connectivity index (χ3v) is 3.01. The standard InChI is InChI=1S/C10H7BrClN3O3/c11-5-1-6(9(12)13-2-5)10(18)15-3-7(16)14-8(17)4-15/h1-2H,3-4H2,(H,14,16,17). The van der Waals surface area contributed by atoms with Crippen LogP contribution in [0.25, 0.3) is 0 Å². The van der Waals surface area contributed by atoms with E-state index in [1.54, 1.807) is 0 Å². The quantitative estimate of drug-likeness (QED) is 0.603. The average molecular weight is 333 g/mol. The zero-order valence-electron chi connectivity index (χ0n) is 8.94. The van der Waals surface area contributed by atoms with Gasteiger partial charge >= 0.3 is 0 Å². The molecule has 0 aliphatic carbocycles. The molecule has 6 nitrogen and oxygen atoms in total. The van der Waals surface area contributed by atoms with E-state index in [2.05, 4.69) is 26.2 Å². The Balaban J connectivity index is 2.28. The van der Waals surface area contributed by atoms with E-state index < -0.39 is 17.7 Å². The summed E-state index contributed by atoms with van der Waals surface area (Å²) in [5.74, 6) is -1.53. The summed E-state index contributed by atoms with van der Waals surface area (Å²) in [4.78, 5) is 39.4. The summed E-state index contributed by atoms with van der Waals surface area (Å²) in [5, 5.41) is 2.14. The second kappa shape index (κ2) is 5.03. The number of carbonyl (C=O) groups is 3. The lowest BCUT2D eigenvalue weighted by Gasteiger charge is -2.25. The van der Waals surface area contributed by atoms with Gasteiger partial charge in [0.1, 0.15) is 18.2 Å². The maximum atomic E-state index is 12.1. The number of nitrogens with one attached hydrogen (secondary N) is 1. The van der Waals surface area contributed by atoms with E-state index in [1.807, 2.05) is 0 Å². The fraction of sp³-hybridized carbons (Fsp3) is 0.200. The van der Waals surface area contributed by atoms with E-state index in [4.69, 9.17) is 11.6 Å². The Morgan fingerprint density at radius 1 is 1.39 bits per heavy atom. The zero-order valence-corrected chi connectivity index (χ0v) is 11.3. The smallest absolute Gasteiger partial charge is 0.257 e. The van der Waals surface area contributed by atoms with Crippen LogP contribution in [0.4, 0.5) is 0 Å². The molecule has 94 valence electrons. The fourth-order valence-corrected chi connectivity index (χ4v) is 2.04. The Morgan fingerprint density at radius 3 is 2.61 bits per heavy atom. The lowest BCUT2D eigenvalue weighted by atomic mass is 10.2. The van der Waals surface area contributed by atoms with Gasteiger partial charge in [0.05, 0.1) is 5.56 Å². The molecular formula is C10H7BrClN3O3. The van der Waals surface area contributed by atoms with Crippen molar-refractivity contribution in [3.63, 3.8) is 0 Å². The highest BCUT2D eigenvalue weighted by molar-refractivity contribution is 9.10. The van der Waals surface area contributed by atoms with Crippen LogP contribution in [0.5, 0.6) is 0 Å². The van der Waals surface area contributed by atoms with Crippen molar-refractivity contribution in [1.29, 1.82) is 0 Å².